The molecule has 0 saturated heterocycles. The van der Waals surface area contributed by atoms with Crippen LogP contribution in [-0.4, -0.2) is 17.0 Å². The average molecular weight is 305 g/mol. The van der Waals surface area contributed by atoms with Gasteiger partial charge in [-0.25, -0.2) is 9.97 Å². The van der Waals surface area contributed by atoms with Crippen molar-refractivity contribution in [1.29, 1.82) is 5.26 Å². The molecule has 0 amide bonds. The Morgan fingerprint density at radius 1 is 1.39 bits per heavy atom. The van der Waals surface area contributed by atoms with Gasteiger partial charge in [-0.15, -0.1) is 0 Å². The summed E-state index contributed by atoms with van der Waals surface area (Å²) >= 11 is 3.36. The van der Waals surface area contributed by atoms with Crippen LogP contribution in [0.5, 0.6) is 11.6 Å². The third-order valence-electron chi connectivity index (χ3n) is 2.17. The Morgan fingerprint density at radius 3 is 2.94 bits per heavy atom. The molecule has 2 aromatic rings. The summed E-state index contributed by atoms with van der Waals surface area (Å²) in [6.45, 7) is 0. The molecular weight excluding hydrogens is 296 g/mol. The van der Waals surface area contributed by atoms with Crippen molar-refractivity contribution in [3.8, 4) is 17.7 Å². The van der Waals surface area contributed by atoms with Gasteiger partial charge in [-0.1, -0.05) is 6.07 Å². The number of aromatic nitrogens is 2. The number of anilines is 1. The van der Waals surface area contributed by atoms with Gasteiger partial charge in [0.2, 0.25) is 5.88 Å². The molecule has 18 heavy (non-hydrogen) atoms. The Hall–Kier alpha value is -2.13. The number of nitriles is 1. The van der Waals surface area contributed by atoms with E-state index in [0.717, 1.165) is 0 Å². The molecule has 5 nitrogen and oxygen atoms in total. The molecule has 0 radical (unpaired) electrons. The lowest BCUT2D eigenvalue weighted by atomic mass is 10.2. The first-order chi connectivity index (χ1) is 8.74. The first kappa shape index (κ1) is 12.3. The molecule has 1 aromatic carbocycles. The van der Waals surface area contributed by atoms with Crippen LogP contribution in [0.15, 0.2) is 35.1 Å². The molecule has 0 atom stereocenters. The van der Waals surface area contributed by atoms with E-state index in [1.54, 1.807) is 31.3 Å². The highest BCUT2D eigenvalue weighted by atomic mass is 79.9. The van der Waals surface area contributed by atoms with Gasteiger partial charge in [-0.2, -0.15) is 5.26 Å². The van der Waals surface area contributed by atoms with Crippen LogP contribution in [0.1, 0.15) is 5.56 Å². The molecule has 90 valence electrons. The molecule has 1 N–H and O–H groups in total. The number of halogens is 1. The van der Waals surface area contributed by atoms with Gasteiger partial charge in [0.1, 0.15) is 22.4 Å². The average Bonchev–Trinajstić information content (AvgIpc) is 2.41. The van der Waals surface area contributed by atoms with Crippen molar-refractivity contribution in [3.05, 3.63) is 40.6 Å². The van der Waals surface area contributed by atoms with Crippen LogP contribution in [0.2, 0.25) is 0 Å². The number of hydrogen-bond acceptors (Lipinski definition) is 5. The van der Waals surface area contributed by atoms with Crippen molar-refractivity contribution in [2.24, 2.45) is 0 Å². The van der Waals surface area contributed by atoms with Crippen LogP contribution in [0, 0.1) is 11.3 Å². The van der Waals surface area contributed by atoms with Gasteiger partial charge in [-0.3, -0.25) is 0 Å². The zero-order valence-electron chi connectivity index (χ0n) is 9.51. The summed E-state index contributed by atoms with van der Waals surface area (Å²) in [6.07, 6.45) is 1.40. The minimum atomic E-state index is 0.393. The fourth-order valence-corrected chi connectivity index (χ4v) is 1.82. The van der Waals surface area contributed by atoms with Crippen LogP contribution in [0.25, 0.3) is 0 Å². The molecule has 0 spiro atoms. The van der Waals surface area contributed by atoms with E-state index in [-0.39, 0.29) is 0 Å². The Morgan fingerprint density at radius 2 is 2.22 bits per heavy atom. The Kier molecular flexibility index (Phi) is 3.75. The number of nitrogens with one attached hydrogen (secondary N) is 1. The summed E-state index contributed by atoms with van der Waals surface area (Å²) < 4.78 is 6.24. The lowest BCUT2D eigenvalue weighted by Gasteiger charge is -2.08. The molecule has 0 aliphatic heterocycles. The van der Waals surface area contributed by atoms with Crippen molar-refractivity contribution in [1.82, 2.24) is 9.97 Å². The maximum absolute atomic E-state index is 8.81. The van der Waals surface area contributed by atoms with Crippen molar-refractivity contribution in [3.63, 3.8) is 0 Å². The summed E-state index contributed by atoms with van der Waals surface area (Å²) in [5.74, 6) is 1.58. The van der Waals surface area contributed by atoms with Crippen LogP contribution in [0.3, 0.4) is 0 Å². The van der Waals surface area contributed by atoms with E-state index in [4.69, 9.17) is 10.00 Å². The molecule has 1 heterocycles. The lowest BCUT2D eigenvalue weighted by molar-refractivity contribution is 0.458. The Balaban J connectivity index is 2.31. The first-order valence-electron chi connectivity index (χ1n) is 5.11. The van der Waals surface area contributed by atoms with E-state index in [1.165, 1.54) is 6.33 Å². The van der Waals surface area contributed by atoms with E-state index >= 15 is 0 Å². The van der Waals surface area contributed by atoms with E-state index in [0.29, 0.717) is 27.5 Å². The van der Waals surface area contributed by atoms with Crippen LogP contribution < -0.4 is 10.1 Å². The highest BCUT2D eigenvalue weighted by Crippen LogP contribution is 2.31. The van der Waals surface area contributed by atoms with Gasteiger partial charge in [0.15, 0.2) is 0 Å². The molecule has 0 aliphatic carbocycles. The minimum absolute atomic E-state index is 0.393. The van der Waals surface area contributed by atoms with Crippen molar-refractivity contribution in [2.45, 2.75) is 0 Å². The molecule has 1 aromatic heterocycles. The fourth-order valence-electron chi connectivity index (χ4n) is 1.34. The summed E-state index contributed by atoms with van der Waals surface area (Å²) in [7, 11) is 1.76. The molecular formula is C12H9BrN4O. The van der Waals surface area contributed by atoms with Crippen molar-refractivity contribution < 1.29 is 4.74 Å². The summed E-state index contributed by atoms with van der Waals surface area (Å²) in [5, 5.41) is 11.7. The van der Waals surface area contributed by atoms with E-state index in [9.17, 15) is 0 Å². The van der Waals surface area contributed by atoms with Gasteiger partial charge in [0.05, 0.1) is 11.6 Å². The molecule has 0 saturated carbocycles. The number of rotatable bonds is 3. The normalized spacial score (nSPS) is 9.61. The Labute approximate surface area is 113 Å². The third-order valence-corrected chi connectivity index (χ3v) is 2.89. The molecule has 2 rings (SSSR count). The largest absolute Gasteiger partial charge is 0.438 e. The number of nitrogens with zero attached hydrogens (tertiary/aromatic N) is 3. The molecule has 0 aliphatic rings. The fraction of sp³-hybridized carbons (Fsp3) is 0.0833. The summed E-state index contributed by atoms with van der Waals surface area (Å²) in [4.78, 5) is 8.07. The number of benzene rings is 1. The SMILES string of the molecule is CNc1ncnc(Oc2cccc(C#N)c2)c1Br. The standard InChI is InChI=1S/C12H9BrN4O/c1-15-11-10(13)12(17-7-16-11)18-9-4-2-3-8(5-9)6-14/h2-5,7H,1H3,(H,15,16,17). The van der Waals surface area contributed by atoms with Crippen molar-refractivity contribution >= 4 is 21.7 Å². The predicted molar refractivity (Wildman–Crippen MR) is 70.5 cm³/mol. The topological polar surface area (TPSA) is 70.8 Å². The van der Waals surface area contributed by atoms with E-state index in [1.807, 2.05) is 0 Å². The van der Waals surface area contributed by atoms with Crippen molar-refractivity contribution in [2.75, 3.05) is 12.4 Å². The third kappa shape index (κ3) is 2.57. The number of hydrogen-bond donors (Lipinski definition) is 1. The van der Waals surface area contributed by atoms with Gasteiger partial charge in [-0.05, 0) is 34.1 Å². The summed E-state index contributed by atoms with van der Waals surface area (Å²) in [6, 6.07) is 8.92. The zero-order valence-corrected chi connectivity index (χ0v) is 11.1. The molecule has 0 fully saturated rings. The monoisotopic (exact) mass is 304 g/mol. The second-order valence-corrected chi connectivity index (χ2v) is 4.13. The van der Waals surface area contributed by atoms with Gasteiger partial charge >= 0.3 is 0 Å². The maximum atomic E-state index is 8.81. The lowest BCUT2D eigenvalue weighted by Crippen LogP contribution is -1.97. The number of ether oxygens (including phenoxy) is 1. The second kappa shape index (κ2) is 5.47. The quantitative estimate of drug-likeness (QED) is 0.944. The highest BCUT2D eigenvalue weighted by Gasteiger charge is 2.09. The predicted octanol–water partition coefficient (Wildman–Crippen LogP) is 2.94. The minimum Gasteiger partial charge on any atom is -0.438 e. The smallest absolute Gasteiger partial charge is 0.238 e. The first-order valence-corrected chi connectivity index (χ1v) is 5.90. The molecule has 6 heteroatoms. The Bertz CT molecular complexity index is 609. The van der Waals surface area contributed by atoms with Gasteiger partial charge in [0.25, 0.3) is 0 Å². The van der Waals surface area contributed by atoms with Crippen LogP contribution >= 0.6 is 15.9 Å². The van der Waals surface area contributed by atoms with Gasteiger partial charge < -0.3 is 10.1 Å². The van der Waals surface area contributed by atoms with Gasteiger partial charge in [0, 0.05) is 7.05 Å². The van der Waals surface area contributed by atoms with E-state index in [2.05, 4.69) is 37.3 Å². The zero-order chi connectivity index (χ0) is 13.0. The maximum Gasteiger partial charge on any atom is 0.238 e. The molecule has 0 bridgehead atoms. The van der Waals surface area contributed by atoms with Crippen LogP contribution in [0.4, 0.5) is 5.82 Å². The van der Waals surface area contributed by atoms with E-state index < -0.39 is 0 Å². The second-order valence-electron chi connectivity index (χ2n) is 3.33. The van der Waals surface area contributed by atoms with Crippen LogP contribution in [-0.2, 0) is 0 Å². The molecule has 0 unspecified atom stereocenters. The highest BCUT2D eigenvalue weighted by molar-refractivity contribution is 9.10. The summed E-state index contributed by atoms with van der Waals surface area (Å²) in [5.41, 5.74) is 0.534.